The Kier molecular flexibility index (Phi) is 5.02. The number of hydrogen-bond acceptors (Lipinski definition) is 5. The molecule has 0 aliphatic heterocycles. The monoisotopic (exact) mass is 262 g/mol. The van der Waals surface area contributed by atoms with Crippen LogP contribution in [0.15, 0.2) is 36.4 Å². The van der Waals surface area contributed by atoms with Crippen LogP contribution in [0, 0.1) is 6.92 Å². The Bertz CT molecular complexity index is 536. The van der Waals surface area contributed by atoms with Crippen LogP contribution in [0.2, 0.25) is 0 Å². The number of phenols is 2. The van der Waals surface area contributed by atoms with E-state index >= 15 is 0 Å². The SMILES string of the molecule is Cc1c(N)cccc1O.Nc1ccc(O)cc1CO. The van der Waals surface area contributed by atoms with Crippen LogP contribution in [0.4, 0.5) is 11.4 Å². The Balaban J connectivity index is 0.000000191. The average molecular weight is 262 g/mol. The number of benzene rings is 2. The lowest BCUT2D eigenvalue weighted by atomic mass is 10.2. The van der Waals surface area contributed by atoms with Gasteiger partial charge in [-0.05, 0) is 37.3 Å². The zero-order valence-electron chi connectivity index (χ0n) is 10.7. The van der Waals surface area contributed by atoms with Crippen molar-refractivity contribution in [3.05, 3.63) is 47.5 Å². The summed E-state index contributed by atoms with van der Waals surface area (Å²) in [6.45, 7) is 1.64. The third kappa shape index (κ3) is 4.08. The van der Waals surface area contributed by atoms with E-state index < -0.39 is 0 Å². The highest BCUT2D eigenvalue weighted by Crippen LogP contribution is 2.20. The highest BCUT2D eigenvalue weighted by atomic mass is 16.3. The van der Waals surface area contributed by atoms with Gasteiger partial charge in [0.25, 0.3) is 0 Å². The van der Waals surface area contributed by atoms with E-state index in [4.69, 9.17) is 26.8 Å². The number of hydrogen-bond donors (Lipinski definition) is 5. The summed E-state index contributed by atoms with van der Waals surface area (Å²) < 4.78 is 0. The lowest BCUT2D eigenvalue weighted by Crippen LogP contribution is -1.92. The lowest BCUT2D eigenvalue weighted by molar-refractivity contribution is 0.282. The quantitative estimate of drug-likeness (QED) is 0.397. The highest BCUT2D eigenvalue weighted by Gasteiger charge is 1.97. The first kappa shape index (κ1) is 14.7. The molecule has 2 rings (SSSR count). The molecule has 0 saturated carbocycles. The molecule has 2 aromatic carbocycles. The van der Waals surface area contributed by atoms with Gasteiger partial charge in [-0.1, -0.05) is 6.07 Å². The fourth-order valence-corrected chi connectivity index (χ4v) is 1.37. The van der Waals surface area contributed by atoms with Crippen molar-refractivity contribution in [1.29, 1.82) is 0 Å². The van der Waals surface area contributed by atoms with Gasteiger partial charge in [-0.3, -0.25) is 0 Å². The maximum Gasteiger partial charge on any atom is 0.120 e. The lowest BCUT2D eigenvalue weighted by Gasteiger charge is -2.00. The van der Waals surface area contributed by atoms with Gasteiger partial charge in [-0.15, -0.1) is 0 Å². The van der Waals surface area contributed by atoms with E-state index in [-0.39, 0.29) is 18.1 Å². The molecule has 0 saturated heterocycles. The van der Waals surface area contributed by atoms with Crippen molar-refractivity contribution in [2.45, 2.75) is 13.5 Å². The molecule has 0 unspecified atom stereocenters. The maximum absolute atomic E-state index is 9.02. The topological polar surface area (TPSA) is 113 Å². The Morgan fingerprint density at radius 3 is 2.16 bits per heavy atom. The summed E-state index contributed by atoms with van der Waals surface area (Å²) in [4.78, 5) is 0. The summed E-state index contributed by atoms with van der Waals surface area (Å²) in [5.41, 5.74) is 13.3. The Morgan fingerprint density at radius 1 is 1.00 bits per heavy atom. The van der Waals surface area contributed by atoms with Gasteiger partial charge in [-0.2, -0.15) is 0 Å². The number of aliphatic hydroxyl groups is 1. The molecule has 0 amide bonds. The van der Waals surface area contributed by atoms with Crippen molar-refractivity contribution in [3.8, 4) is 11.5 Å². The molecular weight excluding hydrogens is 244 g/mol. The van der Waals surface area contributed by atoms with E-state index in [1.54, 1.807) is 31.2 Å². The molecule has 2 aromatic rings. The number of aromatic hydroxyl groups is 2. The second-order valence-electron chi connectivity index (χ2n) is 4.03. The maximum atomic E-state index is 9.02. The molecule has 5 heteroatoms. The fraction of sp³-hybridized carbons (Fsp3) is 0.143. The largest absolute Gasteiger partial charge is 0.508 e. The van der Waals surface area contributed by atoms with Gasteiger partial charge in [0.15, 0.2) is 0 Å². The predicted molar refractivity (Wildman–Crippen MR) is 75.7 cm³/mol. The van der Waals surface area contributed by atoms with Crippen LogP contribution in [0.3, 0.4) is 0 Å². The average Bonchev–Trinajstić information content (AvgIpc) is 2.39. The molecule has 5 nitrogen and oxygen atoms in total. The van der Waals surface area contributed by atoms with Gasteiger partial charge < -0.3 is 26.8 Å². The van der Waals surface area contributed by atoms with E-state index in [0.29, 0.717) is 16.9 Å². The fourth-order valence-electron chi connectivity index (χ4n) is 1.37. The summed E-state index contributed by atoms with van der Waals surface area (Å²) in [7, 11) is 0. The predicted octanol–water partition coefficient (Wildman–Crippen LogP) is 1.75. The molecule has 7 N–H and O–H groups in total. The molecule has 0 spiro atoms. The van der Waals surface area contributed by atoms with E-state index in [1.165, 1.54) is 12.1 Å². The van der Waals surface area contributed by atoms with Gasteiger partial charge in [0.2, 0.25) is 0 Å². The van der Waals surface area contributed by atoms with E-state index in [0.717, 1.165) is 5.56 Å². The summed E-state index contributed by atoms with van der Waals surface area (Å²) in [5.74, 6) is 0.383. The van der Waals surface area contributed by atoms with Crippen LogP contribution in [-0.2, 0) is 6.61 Å². The van der Waals surface area contributed by atoms with E-state index in [2.05, 4.69) is 0 Å². The Morgan fingerprint density at radius 2 is 1.68 bits per heavy atom. The molecule has 0 bridgehead atoms. The van der Waals surface area contributed by atoms with Crippen LogP contribution in [0.5, 0.6) is 11.5 Å². The molecular formula is C14H18N2O3. The van der Waals surface area contributed by atoms with Crippen molar-refractivity contribution in [2.24, 2.45) is 0 Å². The van der Waals surface area contributed by atoms with Gasteiger partial charge in [0.1, 0.15) is 11.5 Å². The molecule has 0 fully saturated rings. The third-order valence-electron chi connectivity index (χ3n) is 2.64. The minimum absolute atomic E-state index is 0.123. The second kappa shape index (κ2) is 6.51. The Hall–Kier alpha value is -2.40. The van der Waals surface area contributed by atoms with Crippen molar-refractivity contribution in [3.63, 3.8) is 0 Å². The van der Waals surface area contributed by atoms with Crippen molar-refractivity contribution in [2.75, 3.05) is 11.5 Å². The van der Waals surface area contributed by atoms with E-state index in [9.17, 15) is 0 Å². The van der Waals surface area contributed by atoms with Crippen molar-refractivity contribution < 1.29 is 15.3 Å². The highest BCUT2D eigenvalue weighted by molar-refractivity contribution is 5.52. The summed E-state index contributed by atoms with van der Waals surface area (Å²) >= 11 is 0. The minimum atomic E-state index is -0.139. The number of nitrogens with two attached hydrogens (primary N) is 2. The minimum Gasteiger partial charge on any atom is -0.508 e. The molecule has 0 aromatic heterocycles. The van der Waals surface area contributed by atoms with Crippen LogP contribution in [-0.4, -0.2) is 15.3 Å². The molecule has 0 aliphatic rings. The number of nitrogen functional groups attached to an aromatic ring is 2. The molecule has 0 radical (unpaired) electrons. The number of rotatable bonds is 1. The van der Waals surface area contributed by atoms with Gasteiger partial charge in [-0.25, -0.2) is 0 Å². The summed E-state index contributed by atoms with van der Waals surface area (Å²) in [5, 5.41) is 26.6. The zero-order valence-corrected chi connectivity index (χ0v) is 10.7. The summed E-state index contributed by atoms with van der Waals surface area (Å²) in [6, 6.07) is 9.57. The molecule has 19 heavy (non-hydrogen) atoms. The van der Waals surface area contributed by atoms with Crippen LogP contribution in [0.25, 0.3) is 0 Å². The van der Waals surface area contributed by atoms with Gasteiger partial charge in [0, 0.05) is 22.5 Å². The molecule has 0 atom stereocenters. The van der Waals surface area contributed by atoms with Crippen LogP contribution < -0.4 is 11.5 Å². The van der Waals surface area contributed by atoms with Crippen LogP contribution in [0.1, 0.15) is 11.1 Å². The Labute approximate surface area is 111 Å². The summed E-state index contributed by atoms with van der Waals surface area (Å²) in [6.07, 6.45) is 0. The van der Waals surface area contributed by atoms with Crippen molar-refractivity contribution in [1.82, 2.24) is 0 Å². The number of aliphatic hydroxyl groups excluding tert-OH is 1. The van der Waals surface area contributed by atoms with E-state index in [1.807, 2.05) is 0 Å². The smallest absolute Gasteiger partial charge is 0.120 e. The molecule has 0 aliphatic carbocycles. The first-order valence-electron chi connectivity index (χ1n) is 5.68. The number of phenolic OH excluding ortho intramolecular Hbond substituents is 2. The van der Waals surface area contributed by atoms with Gasteiger partial charge >= 0.3 is 0 Å². The molecule has 0 heterocycles. The number of anilines is 2. The van der Waals surface area contributed by atoms with Crippen LogP contribution >= 0.6 is 0 Å². The third-order valence-corrected chi connectivity index (χ3v) is 2.64. The zero-order chi connectivity index (χ0) is 14.4. The van der Waals surface area contributed by atoms with Gasteiger partial charge in [0.05, 0.1) is 6.61 Å². The first-order chi connectivity index (χ1) is 8.95. The normalized spacial score (nSPS) is 9.58. The molecule has 102 valence electrons. The first-order valence-corrected chi connectivity index (χ1v) is 5.68. The second-order valence-corrected chi connectivity index (χ2v) is 4.03. The standard InChI is InChI=1S/C7H9NO2.C7H9NO/c8-7-2-1-6(10)3-5(7)4-9;1-5-6(8)3-2-4-7(5)9/h1-3,9-10H,4,8H2;2-4,9H,8H2,1H3. The van der Waals surface area contributed by atoms with Crippen molar-refractivity contribution >= 4 is 11.4 Å².